The Kier molecular flexibility index (Phi) is 6.10. The number of carbonyl (C=O) groups excluding carboxylic acids is 1. The first-order valence-corrected chi connectivity index (χ1v) is 8.02. The van der Waals surface area contributed by atoms with E-state index in [9.17, 15) is 22.4 Å². The van der Waals surface area contributed by atoms with Gasteiger partial charge in [0.2, 0.25) is 0 Å². The monoisotopic (exact) mass is 407 g/mol. The predicted molar refractivity (Wildman–Crippen MR) is 91.2 cm³/mol. The Labute approximate surface area is 158 Å². The van der Waals surface area contributed by atoms with Crippen molar-refractivity contribution in [1.29, 1.82) is 0 Å². The van der Waals surface area contributed by atoms with Crippen molar-refractivity contribution in [2.75, 3.05) is 13.1 Å². The average Bonchev–Trinajstić information content (AvgIpc) is 3.17. The minimum atomic E-state index is -4.89. The molecule has 1 aromatic heterocycles. The van der Waals surface area contributed by atoms with E-state index in [1.54, 1.807) is 6.92 Å². The van der Waals surface area contributed by atoms with Crippen LogP contribution in [0.3, 0.4) is 0 Å². The van der Waals surface area contributed by atoms with E-state index in [-0.39, 0.29) is 36.6 Å². The maximum atomic E-state index is 13.6. The highest BCUT2D eigenvalue weighted by Crippen LogP contribution is 2.34. The number of nitrogens with two attached hydrogens (primary N) is 1. The zero-order valence-corrected chi connectivity index (χ0v) is 15.1. The fourth-order valence-electron chi connectivity index (χ4n) is 3.20. The van der Waals surface area contributed by atoms with E-state index in [0.717, 1.165) is 12.1 Å². The zero-order valence-electron chi connectivity index (χ0n) is 14.3. The van der Waals surface area contributed by atoms with Crippen LogP contribution in [0.2, 0.25) is 0 Å². The molecule has 1 aromatic carbocycles. The zero-order chi connectivity index (χ0) is 19.1. The van der Waals surface area contributed by atoms with Crippen LogP contribution < -0.4 is 5.73 Å². The van der Waals surface area contributed by atoms with E-state index in [1.807, 2.05) is 0 Å². The lowest BCUT2D eigenvalue weighted by molar-refractivity contribution is -0.143. The lowest BCUT2D eigenvalue weighted by atomic mass is 10.1. The topological polar surface area (TPSA) is 77.0 Å². The Balaban J connectivity index is 0.00000261. The van der Waals surface area contributed by atoms with Crippen molar-refractivity contribution in [2.45, 2.75) is 25.6 Å². The maximum Gasteiger partial charge on any atom is 0.435 e. The van der Waals surface area contributed by atoms with Crippen LogP contribution in [-0.4, -0.2) is 44.9 Å². The van der Waals surface area contributed by atoms with Crippen LogP contribution in [0.25, 0.3) is 5.69 Å². The third-order valence-corrected chi connectivity index (χ3v) is 4.45. The molecule has 2 N–H and O–H groups in total. The van der Waals surface area contributed by atoms with E-state index in [4.69, 9.17) is 5.73 Å². The molecule has 1 saturated heterocycles. The molecule has 1 fully saturated rings. The van der Waals surface area contributed by atoms with Crippen LogP contribution in [0.1, 0.15) is 29.5 Å². The molecule has 2 unspecified atom stereocenters. The summed E-state index contributed by atoms with van der Waals surface area (Å²) in [5.41, 5.74) is 3.31. The first-order chi connectivity index (χ1) is 12.2. The maximum absolute atomic E-state index is 13.6. The quantitative estimate of drug-likeness (QED) is 0.793. The molecular weight excluding hydrogens is 390 g/mol. The second kappa shape index (κ2) is 7.81. The third kappa shape index (κ3) is 4.06. The van der Waals surface area contributed by atoms with Crippen LogP contribution in [0, 0.1) is 11.7 Å². The van der Waals surface area contributed by atoms with Crippen molar-refractivity contribution in [2.24, 2.45) is 11.7 Å². The number of halogens is 5. The van der Waals surface area contributed by atoms with Crippen LogP contribution in [0.4, 0.5) is 17.6 Å². The Morgan fingerprint density at radius 1 is 1.37 bits per heavy atom. The molecule has 1 aliphatic heterocycles. The molecule has 1 aliphatic rings. The standard InChI is InChI=1S/C16H17F4N5O.ClH/c1-9-5-10(7-21)8-24(9)15(26)13-14(16(18,19)20)25(23-22-13)12-4-2-3-11(17)6-12;/h2-4,6,9-10H,5,7-8,21H2,1H3;1H. The highest BCUT2D eigenvalue weighted by molar-refractivity contribution is 5.94. The summed E-state index contributed by atoms with van der Waals surface area (Å²) in [6.07, 6.45) is -4.28. The first kappa shape index (κ1) is 21.1. The molecule has 11 heteroatoms. The fourth-order valence-corrected chi connectivity index (χ4v) is 3.20. The largest absolute Gasteiger partial charge is 0.435 e. The van der Waals surface area contributed by atoms with E-state index in [2.05, 4.69) is 10.3 Å². The molecular formula is C16H18ClF4N5O. The fraction of sp³-hybridized carbons (Fsp3) is 0.438. The van der Waals surface area contributed by atoms with E-state index < -0.39 is 29.3 Å². The normalized spacial score (nSPS) is 19.9. The molecule has 0 spiro atoms. The molecule has 148 valence electrons. The molecule has 3 rings (SSSR count). The molecule has 2 heterocycles. The first-order valence-electron chi connectivity index (χ1n) is 8.02. The van der Waals surface area contributed by atoms with Gasteiger partial charge < -0.3 is 10.6 Å². The summed E-state index contributed by atoms with van der Waals surface area (Å²) in [5.74, 6) is -1.55. The number of hydrogen-bond acceptors (Lipinski definition) is 4. The van der Waals surface area contributed by atoms with E-state index in [1.165, 1.54) is 17.0 Å². The van der Waals surface area contributed by atoms with Gasteiger partial charge in [-0.1, -0.05) is 11.3 Å². The minimum absolute atomic E-state index is 0. The Hall–Kier alpha value is -2.20. The van der Waals surface area contributed by atoms with Crippen LogP contribution in [0.5, 0.6) is 0 Å². The van der Waals surface area contributed by atoms with Gasteiger partial charge >= 0.3 is 6.18 Å². The van der Waals surface area contributed by atoms with Crippen LogP contribution >= 0.6 is 12.4 Å². The summed E-state index contributed by atoms with van der Waals surface area (Å²) < 4.78 is 54.7. The molecule has 27 heavy (non-hydrogen) atoms. The number of hydrogen-bond donors (Lipinski definition) is 1. The van der Waals surface area contributed by atoms with E-state index in [0.29, 0.717) is 17.6 Å². The number of benzene rings is 1. The van der Waals surface area contributed by atoms with Gasteiger partial charge in [0.15, 0.2) is 11.4 Å². The number of nitrogens with zero attached hydrogens (tertiary/aromatic N) is 4. The van der Waals surface area contributed by atoms with Gasteiger partial charge in [-0.15, -0.1) is 17.5 Å². The highest BCUT2D eigenvalue weighted by atomic mass is 35.5. The van der Waals surface area contributed by atoms with Gasteiger partial charge in [0, 0.05) is 12.6 Å². The summed E-state index contributed by atoms with van der Waals surface area (Å²) in [7, 11) is 0. The summed E-state index contributed by atoms with van der Waals surface area (Å²) in [5, 5.41) is 6.92. The molecule has 1 amide bonds. The summed E-state index contributed by atoms with van der Waals surface area (Å²) in [4.78, 5) is 14.0. The second-order valence-electron chi connectivity index (χ2n) is 6.32. The van der Waals surface area contributed by atoms with Crippen molar-refractivity contribution in [3.05, 3.63) is 41.5 Å². The number of alkyl halides is 3. The SMILES string of the molecule is CC1CC(CN)CN1C(=O)c1nnn(-c2cccc(F)c2)c1C(F)(F)F.Cl. The lowest BCUT2D eigenvalue weighted by Gasteiger charge is -2.21. The van der Waals surface area contributed by atoms with Gasteiger partial charge in [0.05, 0.1) is 5.69 Å². The van der Waals surface area contributed by atoms with Gasteiger partial charge in [0.1, 0.15) is 5.82 Å². The van der Waals surface area contributed by atoms with Gasteiger partial charge in [-0.25, -0.2) is 9.07 Å². The van der Waals surface area contributed by atoms with Crippen molar-refractivity contribution >= 4 is 18.3 Å². The van der Waals surface area contributed by atoms with Crippen molar-refractivity contribution in [1.82, 2.24) is 19.9 Å². The van der Waals surface area contributed by atoms with Crippen molar-refractivity contribution in [3.8, 4) is 5.69 Å². The number of carbonyl (C=O) groups is 1. The Morgan fingerprint density at radius 3 is 2.63 bits per heavy atom. The number of amides is 1. The highest BCUT2D eigenvalue weighted by Gasteiger charge is 2.44. The van der Waals surface area contributed by atoms with Crippen LogP contribution in [-0.2, 0) is 6.18 Å². The van der Waals surface area contributed by atoms with Crippen molar-refractivity contribution in [3.63, 3.8) is 0 Å². The van der Waals surface area contributed by atoms with Crippen LogP contribution in [0.15, 0.2) is 24.3 Å². The van der Waals surface area contributed by atoms with E-state index >= 15 is 0 Å². The molecule has 0 saturated carbocycles. The summed E-state index contributed by atoms with van der Waals surface area (Å²) >= 11 is 0. The Morgan fingerprint density at radius 2 is 2.07 bits per heavy atom. The number of rotatable bonds is 3. The predicted octanol–water partition coefficient (Wildman–Crippen LogP) is 2.66. The molecule has 6 nitrogen and oxygen atoms in total. The Bertz CT molecular complexity index is 825. The second-order valence-corrected chi connectivity index (χ2v) is 6.32. The molecule has 2 atom stereocenters. The average molecular weight is 408 g/mol. The molecule has 0 radical (unpaired) electrons. The molecule has 0 aliphatic carbocycles. The summed E-state index contributed by atoms with van der Waals surface area (Å²) in [6.45, 7) is 2.36. The minimum Gasteiger partial charge on any atom is -0.334 e. The number of aromatic nitrogens is 3. The lowest BCUT2D eigenvalue weighted by Crippen LogP contribution is -2.36. The van der Waals surface area contributed by atoms with Gasteiger partial charge in [-0.2, -0.15) is 13.2 Å². The molecule has 0 bridgehead atoms. The van der Waals surface area contributed by atoms with Gasteiger partial charge in [-0.05, 0) is 44.0 Å². The number of likely N-dealkylation sites (tertiary alicyclic amines) is 1. The van der Waals surface area contributed by atoms with Crippen molar-refractivity contribution < 1.29 is 22.4 Å². The van der Waals surface area contributed by atoms with Gasteiger partial charge in [-0.3, -0.25) is 4.79 Å². The van der Waals surface area contributed by atoms with Gasteiger partial charge in [0.25, 0.3) is 5.91 Å². The molecule has 2 aromatic rings. The third-order valence-electron chi connectivity index (χ3n) is 4.45. The summed E-state index contributed by atoms with van der Waals surface area (Å²) in [6, 6.07) is 4.24. The smallest absolute Gasteiger partial charge is 0.334 e.